The molecule has 0 bridgehead atoms. The number of pyridine rings is 1. The number of nitrogens with one attached hydrogen (secondary N) is 1. The summed E-state index contributed by atoms with van der Waals surface area (Å²) in [6.45, 7) is 6.15. The van der Waals surface area contributed by atoms with Crippen LogP contribution in [-0.2, 0) is 5.21 Å². The Kier molecular flexibility index (Phi) is 3.76. The number of hydrogen-bond acceptors (Lipinski definition) is 1. The lowest BCUT2D eigenvalue weighted by atomic mass is 9.41. The fourth-order valence-electron chi connectivity index (χ4n) is 4.04. The molecule has 5 aromatic rings. The highest BCUT2D eigenvalue weighted by Gasteiger charge is 2.33. The summed E-state index contributed by atoms with van der Waals surface area (Å²) < 4.78 is 2.16. The van der Waals surface area contributed by atoms with Crippen molar-refractivity contribution in [2.24, 2.45) is 5.41 Å². The third-order valence-electron chi connectivity index (χ3n) is 6.02. The van der Waals surface area contributed by atoms with E-state index in [-0.39, 0.29) is 5.41 Å². The molecule has 5 heteroatoms. The van der Waals surface area contributed by atoms with Gasteiger partial charge in [-0.25, -0.2) is 4.98 Å². The first-order valence-electron chi connectivity index (χ1n) is 9.83. The van der Waals surface area contributed by atoms with E-state index in [1.54, 1.807) is 6.20 Å². The first-order valence-corrected chi connectivity index (χ1v) is 9.83. The highest BCUT2D eigenvalue weighted by atomic mass is 15.1. The molecule has 0 fully saturated rings. The summed E-state index contributed by atoms with van der Waals surface area (Å²) in [7, 11) is 13.1. The number of hydrogen-bond donors (Lipinski definition) is 1. The minimum Gasteiger partial charge on any atom is -0.340 e. The number of benzene rings is 2. The van der Waals surface area contributed by atoms with Crippen molar-refractivity contribution in [3.05, 3.63) is 72.4 Å². The maximum Gasteiger partial charge on any atom is 0.138 e. The van der Waals surface area contributed by atoms with E-state index < -0.39 is 5.21 Å². The second kappa shape index (κ2) is 6.03. The highest BCUT2D eigenvalue weighted by Crippen LogP contribution is 2.39. The molecule has 3 nitrogen and oxygen atoms in total. The molecular weight excluding hydrogens is 352 g/mol. The normalized spacial score (nSPS) is 12.9. The molecular formula is C24H21B2N3. The predicted molar refractivity (Wildman–Crippen MR) is 123 cm³/mol. The van der Waals surface area contributed by atoms with Crippen molar-refractivity contribution in [1.82, 2.24) is 14.5 Å². The van der Waals surface area contributed by atoms with Gasteiger partial charge in [-0.1, -0.05) is 67.9 Å². The fraction of sp³-hybridized carbons (Fsp3) is 0.208. The number of para-hydroxylation sites is 2. The lowest BCUT2D eigenvalue weighted by Crippen LogP contribution is -2.41. The number of aromatic nitrogens is 3. The Morgan fingerprint density at radius 1 is 0.897 bits per heavy atom. The molecule has 4 radical (unpaired) electrons. The molecule has 0 unspecified atom stereocenters. The van der Waals surface area contributed by atoms with Gasteiger partial charge in [0.15, 0.2) is 0 Å². The van der Waals surface area contributed by atoms with E-state index in [4.69, 9.17) is 15.7 Å². The molecule has 5 rings (SSSR count). The molecule has 3 heterocycles. The molecule has 1 N–H and O–H groups in total. The smallest absolute Gasteiger partial charge is 0.138 e. The predicted octanol–water partition coefficient (Wildman–Crippen LogP) is 5.20. The summed E-state index contributed by atoms with van der Waals surface area (Å²) >= 11 is 0. The van der Waals surface area contributed by atoms with Crippen LogP contribution in [0.5, 0.6) is 0 Å². The minimum absolute atomic E-state index is 0.305. The number of aromatic amines is 1. The van der Waals surface area contributed by atoms with E-state index in [1.807, 2.05) is 39.0 Å². The van der Waals surface area contributed by atoms with Crippen LogP contribution in [0.25, 0.3) is 38.7 Å². The Balaban J connectivity index is 1.85. The van der Waals surface area contributed by atoms with Gasteiger partial charge in [0.25, 0.3) is 0 Å². The Labute approximate surface area is 173 Å². The molecule has 138 valence electrons. The van der Waals surface area contributed by atoms with Crippen LogP contribution in [0.3, 0.4) is 0 Å². The average Bonchev–Trinajstić information content (AvgIpc) is 3.21. The van der Waals surface area contributed by atoms with Crippen molar-refractivity contribution in [3.63, 3.8) is 0 Å². The molecule has 0 aliphatic rings. The maximum absolute atomic E-state index is 6.56. The van der Waals surface area contributed by atoms with E-state index in [0.29, 0.717) is 0 Å². The van der Waals surface area contributed by atoms with E-state index >= 15 is 0 Å². The molecule has 0 atom stereocenters. The fourth-order valence-corrected chi connectivity index (χ4v) is 4.04. The van der Waals surface area contributed by atoms with Gasteiger partial charge >= 0.3 is 0 Å². The SMILES string of the molecule is [B]C([B])(c1ccnc(-n2c3ccccc3c3c4ccccc4[nH]c32)c1)C(C)(C)C. The zero-order valence-electron chi connectivity index (χ0n) is 16.9. The number of rotatable bonds is 2. The Bertz CT molecular complexity index is 1370. The Morgan fingerprint density at radius 2 is 1.59 bits per heavy atom. The van der Waals surface area contributed by atoms with Gasteiger partial charge in [-0.05, 0) is 29.7 Å². The van der Waals surface area contributed by atoms with Crippen molar-refractivity contribution in [1.29, 1.82) is 0 Å². The molecule has 0 aliphatic heterocycles. The quantitative estimate of drug-likeness (QED) is 0.424. The number of fused-ring (bicyclic) bond motifs is 5. The summed E-state index contributed by atoms with van der Waals surface area (Å²) in [4.78, 5) is 8.26. The molecule has 2 aromatic carbocycles. The van der Waals surface area contributed by atoms with Crippen molar-refractivity contribution in [3.8, 4) is 5.82 Å². The lowest BCUT2D eigenvalue weighted by molar-refractivity contribution is 0.358. The highest BCUT2D eigenvalue weighted by molar-refractivity contribution is 6.40. The monoisotopic (exact) mass is 373 g/mol. The van der Waals surface area contributed by atoms with Gasteiger partial charge in [0.2, 0.25) is 0 Å². The van der Waals surface area contributed by atoms with Crippen LogP contribution in [0.4, 0.5) is 0 Å². The van der Waals surface area contributed by atoms with Gasteiger partial charge in [-0.3, -0.25) is 4.57 Å². The van der Waals surface area contributed by atoms with Crippen molar-refractivity contribution < 1.29 is 0 Å². The first-order chi connectivity index (χ1) is 13.8. The summed E-state index contributed by atoms with van der Waals surface area (Å²) in [5, 5.41) is 2.61. The zero-order chi connectivity index (χ0) is 20.4. The third-order valence-corrected chi connectivity index (χ3v) is 6.02. The van der Waals surface area contributed by atoms with Crippen LogP contribution in [-0.4, -0.2) is 30.2 Å². The van der Waals surface area contributed by atoms with Gasteiger partial charge in [0.05, 0.1) is 21.2 Å². The van der Waals surface area contributed by atoms with E-state index in [0.717, 1.165) is 28.1 Å². The second-order valence-electron chi connectivity index (χ2n) is 8.77. The van der Waals surface area contributed by atoms with Crippen LogP contribution in [0.15, 0.2) is 66.9 Å². The largest absolute Gasteiger partial charge is 0.340 e. The summed E-state index contributed by atoms with van der Waals surface area (Å²) in [5.41, 5.74) is 3.78. The van der Waals surface area contributed by atoms with Gasteiger partial charge in [0.1, 0.15) is 11.5 Å². The van der Waals surface area contributed by atoms with E-state index in [1.165, 1.54) is 16.2 Å². The Morgan fingerprint density at radius 3 is 2.34 bits per heavy atom. The number of H-pyrrole nitrogens is 1. The van der Waals surface area contributed by atoms with E-state index in [9.17, 15) is 0 Å². The third kappa shape index (κ3) is 2.57. The topological polar surface area (TPSA) is 33.6 Å². The molecule has 0 aliphatic carbocycles. The molecule has 0 saturated heterocycles. The average molecular weight is 373 g/mol. The second-order valence-corrected chi connectivity index (χ2v) is 8.77. The molecule has 3 aromatic heterocycles. The molecule has 0 amide bonds. The van der Waals surface area contributed by atoms with Crippen molar-refractivity contribution in [2.75, 3.05) is 0 Å². The van der Waals surface area contributed by atoms with E-state index in [2.05, 4.69) is 57.0 Å². The summed E-state index contributed by atoms with van der Waals surface area (Å²) in [5.74, 6) is 0.796. The molecule has 29 heavy (non-hydrogen) atoms. The first kappa shape index (κ1) is 18.1. The van der Waals surface area contributed by atoms with Crippen LogP contribution >= 0.6 is 0 Å². The van der Waals surface area contributed by atoms with Crippen LogP contribution in [0, 0.1) is 5.41 Å². The van der Waals surface area contributed by atoms with Crippen LogP contribution < -0.4 is 0 Å². The number of nitrogens with zero attached hydrogens (tertiary/aromatic N) is 2. The van der Waals surface area contributed by atoms with Crippen LogP contribution in [0.2, 0.25) is 0 Å². The summed E-state index contributed by atoms with van der Waals surface area (Å²) in [6.07, 6.45) is 1.79. The van der Waals surface area contributed by atoms with Crippen molar-refractivity contribution in [2.45, 2.75) is 26.0 Å². The van der Waals surface area contributed by atoms with Crippen molar-refractivity contribution >= 4 is 48.5 Å². The van der Waals surface area contributed by atoms with Crippen LogP contribution in [0.1, 0.15) is 26.3 Å². The minimum atomic E-state index is -0.979. The standard InChI is InChI=1S/C24H21B2N3/c1-23(2,3)24(25,26)15-12-13-27-20(14-15)29-19-11-7-5-9-17(19)21-16-8-4-6-10-18(16)28-22(21)29/h4-14,28H,1-3H3. The lowest BCUT2D eigenvalue weighted by Gasteiger charge is -2.40. The Hall–Kier alpha value is -2.94. The van der Waals surface area contributed by atoms with Gasteiger partial charge in [-0.15, -0.1) is 0 Å². The summed E-state index contributed by atoms with van der Waals surface area (Å²) in [6, 6.07) is 20.7. The maximum atomic E-state index is 6.56. The molecule has 0 saturated carbocycles. The van der Waals surface area contributed by atoms with Gasteiger partial charge in [0, 0.05) is 27.9 Å². The molecule has 0 spiro atoms. The van der Waals surface area contributed by atoms with Gasteiger partial charge < -0.3 is 4.98 Å². The van der Waals surface area contributed by atoms with Gasteiger partial charge in [-0.2, -0.15) is 0 Å². The zero-order valence-corrected chi connectivity index (χ0v) is 16.9.